The summed E-state index contributed by atoms with van der Waals surface area (Å²) < 4.78 is 5.42. The van der Waals surface area contributed by atoms with Crippen molar-refractivity contribution in [1.29, 1.82) is 0 Å². The lowest BCUT2D eigenvalue weighted by atomic mass is 10.1. The number of carbonyl (C=O) groups excluding carboxylic acids is 1. The zero-order chi connectivity index (χ0) is 20.1. The van der Waals surface area contributed by atoms with Crippen LogP contribution in [0.3, 0.4) is 0 Å². The van der Waals surface area contributed by atoms with Gasteiger partial charge in [-0.25, -0.2) is 9.97 Å². The topological polar surface area (TPSA) is 61.8 Å². The van der Waals surface area contributed by atoms with Gasteiger partial charge in [-0.1, -0.05) is 31.2 Å². The molecule has 3 heterocycles. The number of ether oxygens (including phenoxy) is 1. The highest BCUT2D eigenvalue weighted by molar-refractivity contribution is 5.79. The molecule has 2 aliphatic heterocycles. The fourth-order valence-electron chi connectivity index (χ4n) is 3.91. The number of rotatable bonds is 5. The van der Waals surface area contributed by atoms with Crippen molar-refractivity contribution in [2.75, 3.05) is 62.3 Å². The lowest BCUT2D eigenvalue weighted by Crippen LogP contribution is -2.49. The molecule has 0 spiro atoms. The Labute approximate surface area is 172 Å². The van der Waals surface area contributed by atoms with Crippen LogP contribution in [0.2, 0.25) is 0 Å². The number of carbonyl (C=O) groups is 1. The van der Waals surface area contributed by atoms with Crippen LogP contribution in [0.4, 0.5) is 11.6 Å². The molecule has 29 heavy (non-hydrogen) atoms. The van der Waals surface area contributed by atoms with Crippen molar-refractivity contribution in [2.24, 2.45) is 0 Å². The number of hydrogen-bond donors (Lipinski definition) is 0. The Balaban J connectivity index is 1.33. The second kappa shape index (κ2) is 9.22. The predicted octanol–water partition coefficient (Wildman–Crippen LogP) is 1.77. The molecule has 1 aromatic heterocycles. The van der Waals surface area contributed by atoms with Crippen LogP contribution in [-0.4, -0.2) is 73.3 Å². The summed E-state index contributed by atoms with van der Waals surface area (Å²) in [5, 5.41) is 0. The summed E-state index contributed by atoms with van der Waals surface area (Å²) in [6.45, 7) is 8.36. The molecule has 7 heteroatoms. The third kappa shape index (κ3) is 4.85. The molecular weight excluding hydrogens is 366 g/mol. The van der Waals surface area contributed by atoms with Gasteiger partial charge in [0.2, 0.25) is 5.91 Å². The molecule has 0 N–H and O–H groups in total. The van der Waals surface area contributed by atoms with E-state index in [4.69, 9.17) is 4.74 Å². The van der Waals surface area contributed by atoms with Gasteiger partial charge in [0.1, 0.15) is 18.0 Å². The minimum absolute atomic E-state index is 0.203. The van der Waals surface area contributed by atoms with E-state index < -0.39 is 0 Å². The molecule has 1 aromatic carbocycles. The van der Waals surface area contributed by atoms with Crippen molar-refractivity contribution in [2.45, 2.75) is 19.8 Å². The number of piperazine rings is 1. The molecule has 0 unspecified atom stereocenters. The largest absolute Gasteiger partial charge is 0.378 e. The highest BCUT2D eigenvalue weighted by atomic mass is 16.5. The van der Waals surface area contributed by atoms with Gasteiger partial charge in [0.25, 0.3) is 0 Å². The Morgan fingerprint density at radius 2 is 1.59 bits per heavy atom. The van der Waals surface area contributed by atoms with Crippen LogP contribution >= 0.6 is 0 Å². The Morgan fingerprint density at radius 3 is 2.28 bits per heavy atom. The molecule has 7 nitrogen and oxygen atoms in total. The van der Waals surface area contributed by atoms with E-state index in [-0.39, 0.29) is 5.91 Å². The molecule has 4 rings (SSSR count). The van der Waals surface area contributed by atoms with Crippen LogP contribution in [0.25, 0.3) is 0 Å². The number of hydrogen-bond acceptors (Lipinski definition) is 6. The van der Waals surface area contributed by atoms with Crippen LogP contribution in [0.15, 0.2) is 36.7 Å². The van der Waals surface area contributed by atoms with Crippen LogP contribution in [0.5, 0.6) is 0 Å². The number of morpholine rings is 1. The third-order valence-electron chi connectivity index (χ3n) is 5.68. The number of amides is 1. The summed E-state index contributed by atoms with van der Waals surface area (Å²) in [4.78, 5) is 28.1. The molecule has 0 bridgehead atoms. The average Bonchev–Trinajstić information content (AvgIpc) is 2.80. The molecule has 2 aromatic rings. The fraction of sp³-hybridized carbons (Fsp3) is 0.500. The van der Waals surface area contributed by atoms with Gasteiger partial charge >= 0.3 is 0 Å². The second-order valence-electron chi connectivity index (χ2n) is 7.55. The number of benzene rings is 1. The maximum absolute atomic E-state index is 12.7. The molecule has 2 aliphatic rings. The molecule has 2 fully saturated rings. The summed E-state index contributed by atoms with van der Waals surface area (Å²) in [7, 11) is 0. The van der Waals surface area contributed by atoms with Crippen LogP contribution in [-0.2, 0) is 22.4 Å². The Bertz CT molecular complexity index is 829. The average molecular weight is 396 g/mol. The van der Waals surface area contributed by atoms with E-state index in [9.17, 15) is 4.79 Å². The third-order valence-corrected chi connectivity index (χ3v) is 5.68. The molecule has 0 atom stereocenters. The Kier molecular flexibility index (Phi) is 6.24. The smallest absolute Gasteiger partial charge is 0.227 e. The maximum Gasteiger partial charge on any atom is 0.227 e. The van der Waals surface area contributed by atoms with Gasteiger partial charge in [-0.3, -0.25) is 4.79 Å². The summed E-state index contributed by atoms with van der Waals surface area (Å²) in [6, 6.07) is 10.4. The molecular formula is C22H29N5O2. The Morgan fingerprint density at radius 1 is 0.931 bits per heavy atom. The normalized spacial score (nSPS) is 17.5. The Hall–Kier alpha value is -2.67. The minimum atomic E-state index is 0.203. The van der Waals surface area contributed by atoms with E-state index >= 15 is 0 Å². The van der Waals surface area contributed by atoms with E-state index in [1.807, 2.05) is 17.0 Å². The lowest BCUT2D eigenvalue weighted by Gasteiger charge is -2.36. The second-order valence-corrected chi connectivity index (χ2v) is 7.55. The van der Waals surface area contributed by atoms with E-state index in [0.717, 1.165) is 76.1 Å². The zero-order valence-electron chi connectivity index (χ0n) is 17.1. The first-order chi connectivity index (χ1) is 14.2. The van der Waals surface area contributed by atoms with Crippen molar-refractivity contribution < 1.29 is 9.53 Å². The van der Waals surface area contributed by atoms with Crippen molar-refractivity contribution in [3.8, 4) is 0 Å². The molecule has 2 saturated heterocycles. The number of nitrogens with zero attached hydrogens (tertiary/aromatic N) is 5. The molecule has 1 amide bonds. The maximum atomic E-state index is 12.7. The van der Waals surface area contributed by atoms with Gasteiger partial charge in [-0.2, -0.15) is 0 Å². The number of aromatic nitrogens is 2. The zero-order valence-corrected chi connectivity index (χ0v) is 17.1. The van der Waals surface area contributed by atoms with Gasteiger partial charge < -0.3 is 19.4 Å². The standard InChI is InChI=1S/C22H29N5O2/c1-2-18-4-3-5-19(14-18)15-22(28)27-8-6-25(7-9-27)20-16-21(24-17-23-20)26-10-12-29-13-11-26/h3-5,14,16-17H,2,6-13,15H2,1H3. The van der Waals surface area contributed by atoms with E-state index in [2.05, 4.69) is 44.9 Å². The SMILES string of the molecule is CCc1cccc(CC(=O)N2CCN(c3cc(N4CCOCC4)ncn3)CC2)c1. The van der Waals surface area contributed by atoms with Crippen molar-refractivity contribution in [3.63, 3.8) is 0 Å². The van der Waals surface area contributed by atoms with Gasteiger partial charge in [0.15, 0.2) is 0 Å². The van der Waals surface area contributed by atoms with E-state index in [0.29, 0.717) is 6.42 Å². The van der Waals surface area contributed by atoms with Crippen molar-refractivity contribution in [1.82, 2.24) is 14.9 Å². The monoisotopic (exact) mass is 395 g/mol. The quantitative estimate of drug-likeness (QED) is 0.769. The first kappa shape index (κ1) is 19.6. The molecule has 0 radical (unpaired) electrons. The summed E-state index contributed by atoms with van der Waals surface area (Å²) in [5.41, 5.74) is 2.38. The van der Waals surface area contributed by atoms with Gasteiger partial charge in [-0.05, 0) is 17.5 Å². The van der Waals surface area contributed by atoms with E-state index in [1.54, 1.807) is 6.33 Å². The first-order valence-electron chi connectivity index (χ1n) is 10.5. The highest BCUT2D eigenvalue weighted by Crippen LogP contribution is 2.20. The van der Waals surface area contributed by atoms with Gasteiger partial charge in [0.05, 0.1) is 19.6 Å². The fourth-order valence-corrected chi connectivity index (χ4v) is 3.91. The molecule has 154 valence electrons. The van der Waals surface area contributed by atoms with Crippen LogP contribution < -0.4 is 9.80 Å². The summed E-state index contributed by atoms with van der Waals surface area (Å²) in [6.07, 6.45) is 3.10. The number of aryl methyl sites for hydroxylation is 1. The summed E-state index contributed by atoms with van der Waals surface area (Å²) in [5.74, 6) is 2.09. The van der Waals surface area contributed by atoms with Crippen LogP contribution in [0, 0.1) is 0 Å². The van der Waals surface area contributed by atoms with Gasteiger partial charge in [-0.15, -0.1) is 0 Å². The molecule has 0 aliphatic carbocycles. The molecule has 0 saturated carbocycles. The first-order valence-corrected chi connectivity index (χ1v) is 10.5. The highest BCUT2D eigenvalue weighted by Gasteiger charge is 2.23. The predicted molar refractivity (Wildman–Crippen MR) is 113 cm³/mol. The summed E-state index contributed by atoms with van der Waals surface area (Å²) >= 11 is 0. The van der Waals surface area contributed by atoms with Crippen molar-refractivity contribution in [3.05, 3.63) is 47.8 Å². The lowest BCUT2D eigenvalue weighted by molar-refractivity contribution is -0.130. The van der Waals surface area contributed by atoms with Gasteiger partial charge in [0, 0.05) is 45.3 Å². The van der Waals surface area contributed by atoms with Crippen molar-refractivity contribution >= 4 is 17.5 Å². The van der Waals surface area contributed by atoms with E-state index in [1.165, 1.54) is 5.56 Å². The minimum Gasteiger partial charge on any atom is -0.378 e. The van der Waals surface area contributed by atoms with Crippen LogP contribution in [0.1, 0.15) is 18.1 Å². The number of anilines is 2.